The molecule has 2 N–H and O–H groups in total. The molecule has 0 unspecified atom stereocenters. The van der Waals surface area contributed by atoms with Gasteiger partial charge in [0, 0.05) is 5.56 Å². The first-order chi connectivity index (χ1) is 8.63. The van der Waals surface area contributed by atoms with Gasteiger partial charge in [0.25, 0.3) is 0 Å². The van der Waals surface area contributed by atoms with Gasteiger partial charge in [-0.05, 0) is 12.1 Å². The predicted octanol–water partition coefficient (Wildman–Crippen LogP) is 0.0486. The third-order valence-corrected chi connectivity index (χ3v) is 2.20. The Morgan fingerprint density at radius 2 is 1.89 bits per heavy atom. The first-order valence-corrected chi connectivity index (χ1v) is 5.12. The molecule has 5 heteroatoms. The van der Waals surface area contributed by atoms with E-state index in [2.05, 4.69) is 5.92 Å². The molecule has 0 aliphatic rings. The Labute approximate surface area is 104 Å². The molecule has 5 nitrogen and oxygen atoms in total. The van der Waals surface area contributed by atoms with Crippen molar-refractivity contribution in [3.8, 4) is 18.1 Å². The molecule has 0 aromatic heterocycles. The van der Waals surface area contributed by atoms with Crippen LogP contribution in [-0.2, 0) is 0 Å². The van der Waals surface area contributed by atoms with Gasteiger partial charge in [0.05, 0.1) is 5.56 Å². The molecule has 1 aromatic rings. The van der Waals surface area contributed by atoms with Crippen LogP contribution in [0.15, 0.2) is 18.2 Å². The van der Waals surface area contributed by atoms with Gasteiger partial charge >= 0.3 is 0 Å². The number of aliphatic hydroxyl groups is 2. The fraction of sp³-hybridized carbons (Fsp3) is 0.231. The molecule has 0 saturated carbocycles. The van der Waals surface area contributed by atoms with E-state index >= 15 is 0 Å². The molecule has 0 atom stereocenters. The van der Waals surface area contributed by atoms with Crippen LogP contribution in [0.25, 0.3) is 0 Å². The molecule has 0 aliphatic carbocycles. The number of ether oxygens (including phenoxy) is 1. The van der Waals surface area contributed by atoms with Crippen molar-refractivity contribution in [2.45, 2.75) is 0 Å². The fourth-order valence-corrected chi connectivity index (χ4v) is 1.34. The van der Waals surface area contributed by atoms with Gasteiger partial charge in [-0.3, -0.25) is 9.59 Å². The summed E-state index contributed by atoms with van der Waals surface area (Å²) < 4.78 is 5.14. The Morgan fingerprint density at radius 3 is 2.44 bits per heavy atom. The summed E-state index contributed by atoms with van der Waals surface area (Å²) in [6.07, 6.45) is 5.04. The van der Waals surface area contributed by atoms with Gasteiger partial charge in [-0.2, -0.15) is 0 Å². The van der Waals surface area contributed by atoms with Crippen LogP contribution >= 0.6 is 0 Å². The number of benzene rings is 1. The van der Waals surface area contributed by atoms with Crippen molar-refractivity contribution in [3.63, 3.8) is 0 Å². The average molecular weight is 248 g/mol. The number of carbonyl (C=O) groups excluding carboxylic acids is 2. The lowest BCUT2D eigenvalue weighted by Crippen LogP contribution is -2.10. The summed E-state index contributed by atoms with van der Waals surface area (Å²) in [7, 11) is 0. The average Bonchev–Trinajstić information content (AvgIpc) is 2.42. The number of aliphatic hydroxyl groups excluding tert-OH is 2. The Bertz CT molecular complexity index is 499. The highest BCUT2D eigenvalue weighted by molar-refractivity contribution is 6.02. The Kier molecular flexibility index (Phi) is 5.06. The smallest absolute Gasteiger partial charge is 0.191 e. The fourth-order valence-electron chi connectivity index (χ4n) is 1.34. The summed E-state index contributed by atoms with van der Waals surface area (Å²) >= 11 is 0. The monoisotopic (exact) mass is 248 g/mol. The highest BCUT2D eigenvalue weighted by Crippen LogP contribution is 2.21. The minimum absolute atomic E-state index is 0.0670. The highest BCUT2D eigenvalue weighted by Gasteiger charge is 2.14. The van der Waals surface area contributed by atoms with E-state index in [0.29, 0.717) is 0 Å². The molecule has 0 radical (unpaired) electrons. The third kappa shape index (κ3) is 3.17. The molecule has 94 valence electrons. The van der Waals surface area contributed by atoms with E-state index in [4.69, 9.17) is 21.4 Å². The van der Waals surface area contributed by atoms with E-state index in [9.17, 15) is 9.59 Å². The van der Waals surface area contributed by atoms with Gasteiger partial charge < -0.3 is 14.9 Å². The molecular formula is C13H12O5. The summed E-state index contributed by atoms with van der Waals surface area (Å²) in [5, 5.41) is 17.6. The number of hydrogen-bond donors (Lipinski definition) is 2. The zero-order chi connectivity index (χ0) is 13.5. The summed E-state index contributed by atoms with van der Waals surface area (Å²) in [6, 6.07) is 4.05. The number of Topliss-reactive ketones (excluding diaryl/α,β-unsaturated/α-hetero) is 2. The number of carbonyl (C=O) groups is 2. The van der Waals surface area contributed by atoms with Crippen LogP contribution in [0.3, 0.4) is 0 Å². The minimum atomic E-state index is -0.667. The maximum absolute atomic E-state index is 11.4. The van der Waals surface area contributed by atoms with Gasteiger partial charge in [-0.25, -0.2) is 0 Å². The van der Waals surface area contributed by atoms with E-state index in [-0.39, 0.29) is 23.5 Å². The van der Waals surface area contributed by atoms with Crippen LogP contribution in [-0.4, -0.2) is 41.6 Å². The van der Waals surface area contributed by atoms with Crippen LogP contribution in [0.4, 0.5) is 0 Å². The zero-order valence-corrected chi connectivity index (χ0v) is 9.55. The summed E-state index contributed by atoms with van der Waals surface area (Å²) in [4.78, 5) is 22.7. The lowest BCUT2D eigenvalue weighted by atomic mass is 10.0. The van der Waals surface area contributed by atoms with Crippen molar-refractivity contribution in [1.29, 1.82) is 0 Å². The number of rotatable bonds is 6. The van der Waals surface area contributed by atoms with Crippen LogP contribution in [0.2, 0.25) is 0 Å². The van der Waals surface area contributed by atoms with Gasteiger partial charge in [0.1, 0.15) is 25.6 Å². The first-order valence-electron chi connectivity index (χ1n) is 5.12. The van der Waals surface area contributed by atoms with E-state index in [0.717, 1.165) is 0 Å². The van der Waals surface area contributed by atoms with Gasteiger partial charge in [-0.15, -0.1) is 6.42 Å². The second-order valence-electron chi connectivity index (χ2n) is 3.37. The van der Waals surface area contributed by atoms with Crippen LogP contribution in [0.1, 0.15) is 20.7 Å². The highest BCUT2D eigenvalue weighted by atomic mass is 16.5. The molecule has 0 aliphatic heterocycles. The minimum Gasteiger partial charge on any atom is -0.480 e. The maximum Gasteiger partial charge on any atom is 0.191 e. The standard InChI is InChI=1S/C13H12O5/c1-2-5-18-13-6-9(11(16)7-14)3-4-10(13)12(17)8-15/h1,3-4,6,14-15H,5,7-8H2. The van der Waals surface area contributed by atoms with Crippen molar-refractivity contribution in [2.24, 2.45) is 0 Å². The van der Waals surface area contributed by atoms with E-state index in [1.807, 2.05) is 0 Å². The van der Waals surface area contributed by atoms with Gasteiger partial charge in [-0.1, -0.05) is 12.0 Å². The van der Waals surface area contributed by atoms with Crippen molar-refractivity contribution < 1.29 is 24.5 Å². The lowest BCUT2D eigenvalue weighted by molar-refractivity contribution is 0.0891. The molecule has 0 bridgehead atoms. The molecule has 0 heterocycles. The molecule has 18 heavy (non-hydrogen) atoms. The summed E-state index contributed by atoms with van der Waals surface area (Å²) in [6.45, 7) is -1.37. The predicted molar refractivity (Wildman–Crippen MR) is 63.6 cm³/mol. The van der Waals surface area contributed by atoms with Gasteiger partial charge in [0.2, 0.25) is 0 Å². The van der Waals surface area contributed by atoms with E-state index in [1.165, 1.54) is 18.2 Å². The molecule has 0 spiro atoms. The first kappa shape index (κ1) is 13.9. The lowest BCUT2D eigenvalue weighted by Gasteiger charge is -2.09. The van der Waals surface area contributed by atoms with Crippen molar-refractivity contribution in [3.05, 3.63) is 29.3 Å². The molecule has 1 rings (SSSR count). The van der Waals surface area contributed by atoms with Crippen molar-refractivity contribution in [2.75, 3.05) is 19.8 Å². The second kappa shape index (κ2) is 6.55. The molecule has 0 amide bonds. The Hall–Kier alpha value is -2.16. The van der Waals surface area contributed by atoms with Crippen LogP contribution in [0.5, 0.6) is 5.75 Å². The van der Waals surface area contributed by atoms with E-state index in [1.54, 1.807) is 0 Å². The molecular weight excluding hydrogens is 236 g/mol. The molecule has 0 fully saturated rings. The Morgan fingerprint density at radius 1 is 1.22 bits per heavy atom. The molecule has 1 aromatic carbocycles. The van der Waals surface area contributed by atoms with Crippen LogP contribution < -0.4 is 4.74 Å². The van der Waals surface area contributed by atoms with Crippen molar-refractivity contribution in [1.82, 2.24) is 0 Å². The van der Waals surface area contributed by atoms with Crippen LogP contribution in [0, 0.1) is 12.3 Å². The van der Waals surface area contributed by atoms with Crippen molar-refractivity contribution >= 4 is 11.6 Å². The SMILES string of the molecule is C#CCOc1cc(C(=O)CO)ccc1C(=O)CO. The number of hydrogen-bond acceptors (Lipinski definition) is 5. The summed E-state index contributed by atoms with van der Waals surface area (Å²) in [5.41, 5.74) is 0.348. The third-order valence-electron chi connectivity index (χ3n) is 2.20. The zero-order valence-electron chi connectivity index (χ0n) is 9.55. The second-order valence-corrected chi connectivity index (χ2v) is 3.37. The van der Waals surface area contributed by atoms with E-state index < -0.39 is 24.8 Å². The summed E-state index contributed by atoms with van der Waals surface area (Å²) in [5.74, 6) is 1.32. The topological polar surface area (TPSA) is 83.8 Å². The largest absolute Gasteiger partial charge is 0.480 e. The number of terminal acetylenes is 1. The normalized spacial score (nSPS) is 9.61. The Balaban J connectivity index is 3.16. The van der Waals surface area contributed by atoms with Gasteiger partial charge in [0.15, 0.2) is 11.6 Å². The quantitative estimate of drug-likeness (QED) is 0.549. The maximum atomic E-state index is 11.4. The molecule has 0 saturated heterocycles. The number of ketones is 2.